The topological polar surface area (TPSA) is 108 Å². The molecule has 0 bridgehead atoms. The van der Waals surface area contributed by atoms with E-state index >= 15 is 0 Å². The van der Waals surface area contributed by atoms with Crippen molar-refractivity contribution in [2.75, 3.05) is 47.5 Å². The minimum absolute atomic E-state index is 0.0361. The second-order valence-electron chi connectivity index (χ2n) is 24.6. The van der Waals surface area contributed by atoms with Crippen LogP contribution in [0.5, 0.6) is 0 Å². The Bertz CT molecular complexity index is 1370. The van der Waals surface area contributed by atoms with Crippen molar-refractivity contribution in [3.63, 3.8) is 0 Å². The molecule has 0 heterocycles. The second-order valence-corrected chi connectivity index (χ2v) is 26.0. The first-order valence-electron chi connectivity index (χ1n) is 34.1. The molecule has 0 spiro atoms. The largest absolute Gasteiger partial charge is 0.472 e. The fourth-order valence-electron chi connectivity index (χ4n) is 10.2. The SMILES string of the molecule is CCCCCCC/C=C\C/C=C\CCCCCCCCCCCCCCCCCCCCCCCCCC(=O)OC(COC(=O)CCCCCCCCCCCCCCCCCCCCC)COP(=O)(O)OCC[N+](C)(C)C. The lowest BCUT2D eigenvalue weighted by molar-refractivity contribution is -0.870. The molecule has 0 aliphatic carbocycles. The first-order valence-corrected chi connectivity index (χ1v) is 35.6. The molecular weight excluding hydrogens is 990 g/mol. The van der Waals surface area contributed by atoms with E-state index in [0.29, 0.717) is 17.4 Å². The first-order chi connectivity index (χ1) is 38.0. The van der Waals surface area contributed by atoms with E-state index < -0.39 is 26.5 Å². The molecule has 0 aromatic heterocycles. The van der Waals surface area contributed by atoms with Gasteiger partial charge < -0.3 is 18.9 Å². The number of esters is 2. The molecule has 2 atom stereocenters. The molecule has 0 aliphatic heterocycles. The van der Waals surface area contributed by atoms with Gasteiger partial charge in [0.05, 0.1) is 27.7 Å². The number of carbonyl (C=O) groups is 2. The van der Waals surface area contributed by atoms with Crippen LogP contribution in [0.2, 0.25) is 0 Å². The lowest BCUT2D eigenvalue weighted by atomic mass is 10.0. The van der Waals surface area contributed by atoms with Gasteiger partial charge in [-0.2, -0.15) is 0 Å². The molecule has 0 aromatic carbocycles. The van der Waals surface area contributed by atoms with Gasteiger partial charge in [0.15, 0.2) is 6.10 Å². The zero-order chi connectivity index (χ0) is 57.0. The average Bonchev–Trinajstić information content (AvgIpc) is 3.41. The molecule has 0 aromatic rings. The fraction of sp³-hybridized carbons (Fsp3) is 0.912. The molecule has 78 heavy (non-hydrogen) atoms. The quantitative estimate of drug-likeness (QED) is 0.0211. The van der Waals surface area contributed by atoms with Gasteiger partial charge >= 0.3 is 19.8 Å². The molecule has 0 aliphatic rings. The Balaban J connectivity index is 3.95. The Labute approximate surface area is 485 Å². The van der Waals surface area contributed by atoms with Crippen LogP contribution >= 0.6 is 7.82 Å². The molecule has 0 rings (SSSR count). The van der Waals surface area contributed by atoms with Crippen LogP contribution in [0.4, 0.5) is 0 Å². The maximum absolute atomic E-state index is 12.9. The summed E-state index contributed by atoms with van der Waals surface area (Å²) in [5, 5.41) is 0. The van der Waals surface area contributed by atoms with Gasteiger partial charge in [-0.25, -0.2) is 4.57 Å². The zero-order valence-electron chi connectivity index (χ0n) is 52.7. The maximum atomic E-state index is 12.9. The number of unbranched alkanes of at least 4 members (excludes halogenated alkanes) is 46. The molecular formula is C68H133NO8P+. The van der Waals surface area contributed by atoms with Crippen molar-refractivity contribution in [1.29, 1.82) is 0 Å². The Hall–Kier alpha value is -1.51. The summed E-state index contributed by atoms with van der Waals surface area (Å²) in [5.74, 6) is -0.773. The zero-order valence-corrected chi connectivity index (χ0v) is 53.6. The summed E-state index contributed by atoms with van der Waals surface area (Å²) >= 11 is 0. The Morgan fingerprint density at radius 2 is 0.692 bits per heavy atom. The van der Waals surface area contributed by atoms with Crippen LogP contribution in [0.25, 0.3) is 0 Å². The summed E-state index contributed by atoms with van der Waals surface area (Å²) in [6.07, 6.45) is 74.3. The van der Waals surface area contributed by atoms with Crippen molar-refractivity contribution in [2.24, 2.45) is 0 Å². The molecule has 0 fully saturated rings. The maximum Gasteiger partial charge on any atom is 0.472 e. The van der Waals surface area contributed by atoms with Crippen molar-refractivity contribution in [2.45, 2.75) is 354 Å². The van der Waals surface area contributed by atoms with Crippen LogP contribution in [-0.2, 0) is 32.7 Å². The molecule has 0 radical (unpaired) electrons. The highest BCUT2D eigenvalue weighted by molar-refractivity contribution is 7.47. The highest BCUT2D eigenvalue weighted by Crippen LogP contribution is 2.43. The third-order valence-corrected chi connectivity index (χ3v) is 16.5. The van der Waals surface area contributed by atoms with Crippen molar-refractivity contribution >= 4 is 19.8 Å². The van der Waals surface area contributed by atoms with Crippen LogP contribution in [0.15, 0.2) is 24.3 Å². The standard InChI is InChI=1S/C68H132NO8P/c1-6-8-10-12-14-16-18-20-22-24-26-27-28-29-30-31-32-33-34-35-36-37-38-39-40-41-43-45-47-49-51-53-55-57-59-61-68(71)77-66(65-76-78(72,73)75-63-62-69(3,4)5)64-74-67(70)60-58-56-54-52-50-48-46-44-42-25-23-21-19-17-15-13-11-9-7-2/h18,20,24,26,66H,6-17,19,21-23,25,27-65H2,1-5H3/p+1/b20-18-,26-24-. The van der Waals surface area contributed by atoms with Crippen LogP contribution in [-0.4, -0.2) is 74.9 Å². The highest BCUT2D eigenvalue weighted by atomic mass is 31.2. The van der Waals surface area contributed by atoms with E-state index in [1.54, 1.807) is 0 Å². The molecule has 1 N–H and O–H groups in total. The van der Waals surface area contributed by atoms with Gasteiger partial charge in [-0.15, -0.1) is 0 Å². The third kappa shape index (κ3) is 63.7. The minimum Gasteiger partial charge on any atom is -0.462 e. The normalized spacial score (nSPS) is 13.3. The number of likely N-dealkylation sites (N-methyl/N-ethyl adjacent to an activating group) is 1. The van der Waals surface area contributed by atoms with Crippen molar-refractivity contribution in [3.8, 4) is 0 Å². The lowest BCUT2D eigenvalue weighted by Gasteiger charge is -2.24. The first kappa shape index (κ1) is 76.5. The summed E-state index contributed by atoms with van der Waals surface area (Å²) in [5.41, 5.74) is 0. The summed E-state index contributed by atoms with van der Waals surface area (Å²) < 4.78 is 34.7. The summed E-state index contributed by atoms with van der Waals surface area (Å²) in [4.78, 5) is 35.8. The van der Waals surface area contributed by atoms with E-state index in [0.717, 1.165) is 44.9 Å². The van der Waals surface area contributed by atoms with Crippen LogP contribution in [0, 0.1) is 0 Å². The van der Waals surface area contributed by atoms with E-state index in [-0.39, 0.29) is 25.6 Å². The Morgan fingerprint density at radius 1 is 0.397 bits per heavy atom. The van der Waals surface area contributed by atoms with Crippen LogP contribution in [0.3, 0.4) is 0 Å². The number of hydrogen-bond donors (Lipinski definition) is 1. The number of quaternary nitrogens is 1. The Kier molecular flexibility index (Phi) is 58.9. The van der Waals surface area contributed by atoms with Gasteiger partial charge in [0, 0.05) is 12.8 Å². The van der Waals surface area contributed by atoms with Gasteiger partial charge in [-0.3, -0.25) is 18.6 Å². The van der Waals surface area contributed by atoms with E-state index in [9.17, 15) is 19.0 Å². The number of ether oxygens (including phenoxy) is 2. The van der Waals surface area contributed by atoms with Gasteiger partial charge in [-0.05, 0) is 44.9 Å². The van der Waals surface area contributed by atoms with Gasteiger partial charge in [-0.1, -0.05) is 314 Å². The predicted molar refractivity (Wildman–Crippen MR) is 335 cm³/mol. The van der Waals surface area contributed by atoms with Crippen molar-refractivity contribution in [1.82, 2.24) is 0 Å². The average molecular weight is 1120 g/mol. The molecule has 0 amide bonds. The number of nitrogens with zero attached hydrogens (tertiary/aromatic N) is 1. The van der Waals surface area contributed by atoms with E-state index in [1.165, 1.54) is 276 Å². The van der Waals surface area contributed by atoms with Gasteiger partial charge in [0.2, 0.25) is 0 Å². The molecule has 0 saturated heterocycles. The van der Waals surface area contributed by atoms with Gasteiger partial charge in [0.1, 0.15) is 19.8 Å². The summed E-state index contributed by atoms with van der Waals surface area (Å²) in [6.45, 7) is 4.50. The summed E-state index contributed by atoms with van der Waals surface area (Å²) in [6, 6.07) is 0. The molecule has 9 nitrogen and oxygen atoms in total. The minimum atomic E-state index is -4.38. The molecule has 10 heteroatoms. The number of carbonyl (C=O) groups excluding carboxylic acids is 2. The highest BCUT2D eigenvalue weighted by Gasteiger charge is 2.27. The van der Waals surface area contributed by atoms with Crippen LogP contribution in [0.1, 0.15) is 348 Å². The van der Waals surface area contributed by atoms with Crippen molar-refractivity contribution in [3.05, 3.63) is 24.3 Å². The number of hydrogen-bond acceptors (Lipinski definition) is 7. The smallest absolute Gasteiger partial charge is 0.462 e. The Morgan fingerprint density at radius 3 is 1.01 bits per heavy atom. The number of rotatable bonds is 64. The van der Waals surface area contributed by atoms with E-state index in [1.807, 2.05) is 21.1 Å². The third-order valence-electron chi connectivity index (χ3n) is 15.5. The monoisotopic (exact) mass is 1120 g/mol. The van der Waals surface area contributed by atoms with Crippen molar-refractivity contribution < 1.29 is 42.1 Å². The number of phosphoric ester groups is 1. The predicted octanol–water partition coefficient (Wildman–Crippen LogP) is 21.7. The second kappa shape index (κ2) is 60.1. The van der Waals surface area contributed by atoms with Crippen LogP contribution < -0.4 is 0 Å². The van der Waals surface area contributed by atoms with Gasteiger partial charge in [0.25, 0.3) is 0 Å². The summed E-state index contributed by atoms with van der Waals surface area (Å²) in [7, 11) is 1.50. The number of allylic oxidation sites excluding steroid dienone is 4. The number of phosphoric acid groups is 1. The molecule has 462 valence electrons. The fourth-order valence-corrected chi connectivity index (χ4v) is 11.0. The van der Waals surface area contributed by atoms with E-state index in [2.05, 4.69) is 38.2 Å². The van der Waals surface area contributed by atoms with E-state index in [4.69, 9.17) is 18.5 Å². The lowest BCUT2D eigenvalue weighted by Crippen LogP contribution is -2.37. The molecule has 0 saturated carbocycles. The molecule has 2 unspecified atom stereocenters.